The molecule has 0 radical (unpaired) electrons. The summed E-state index contributed by atoms with van der Waals surface area (Å²) in [5.74, 6) is 1.16. The quantitative estimate of drug-likeness (QED) is 0.194. The summed E-state index contributed by atoms with van der Waals surface area (Å²) < 4.78 is 38.0. The number of hydrogen-bond acceptors (Lipinski definition) is 3. The van der Waals surface area contributed by atoms with Crippen LogP contribution in [0, 0.1) is 5.92 Å². The third-order valence-electron chi connectivity index (χ3n) is 6.05. The SMILES string of the molecule is CCN(CC1CCN(C(=NC)NCCCCCN2CCCCC2)C1)CC(F)(F)F.I. The van der Waals surface area contributed by atoms with E-state index >= 15 is 0 Å². The first-order valence-corrected chi connectivity index (χ1v) is 11.4. The minimum absolute atomic E-state index is 0. The second-order valence-corrected chi connectivity index (χ2v) is 8.48. The van der Waals surface area contributed by atoms with E-state index in [1.165, 1.54) is 56.6 Å². The number of guanidine groups is 1. The van der Waals surface area contributed by atoms with Crippen molar-refractivity contribution in [1.82, 2.24) is 20.0 Å². The molecule has 1 unspecified atom stereocenters. The van der Waals surface area contributed by atoms with Crippen molar-refractivity contribution in [2.45, 2.75) is 58.0 Å². The van der Waals surface area contributed by atoms with Gasteiger partial charge < -0.3 is 15.1 Å². The van der Waals surface area contributed by atoms with E-state index in [-0.39, 0.29) is 29.9 Å². The molecule has 0 aromatic rings. The number of nitrogens with zero attached hydrogens (tertiary/aromatic N) is 4. The lowest BCUT2D eigenvalue weighted by molar-refractivity contribution is -0.146. The first kappa shape index (κ1) is 27.7. The highest BCUT2D eigenvalue weighted by Crippen LogP contribution is 2.21. The molecule has 1 N–H and O–H groups in total. The Morgan fingerprint density at radius 2 is 1.83 bits per heavy atom. The average Bonchev–Trinajstić information content (AvgIpc) is 3.15. The van der Waals surface area contributed by atoms with E-state index < -0.39 is 12.7 Å². The van der Waals surface area contributed by atoms with Gasteiger partial charge in [0.15, 0.2) is 5.96 Å². The van der Waals surface area contributed by atoms with Crippen LogP contribution in [-0.2, 0) is 0 Å². The highest BCUT2D eigenvalue weighted by atomic mass is 127. The Hall–Kier alpha value is -0.290. The molecule has 2 fully saturated rings. The predicted octanol–water partition coefficient (Wildman–Crippen LogP) is 4.04. The van der Waals surface area contributed by atoms with Gasteiger partial charge in [-0.25, -0.2) is 0 Å². The minimum Gasteiger partial charge on any atom is -0.356 e. The largest absolute Gasteiger partial charge is 0.401 e. The summed E-state index contributed by atoms with van der Waals surface area (Å²) in [6.45, 7) is 8.21. The van der Waals surface area contributed by atoms with Crippen LogP contribution in [0.15, 0.2) is 4.99 Å². The van der Waals surface area contributed by atoms with Crippen LogP contribution in [0.4, 0.5) is 13.2 Å². The van der Waals surface area contributed by atoms with Gasteiger partial charge in [0, 0.05) is 33.2 Å². The van der Waals surface area contributed by atoms with Gasteiger partial charge in [-0.15, -0.1) is 24.0 Å². The second-order valence-electron chi connectivity index (χ2n) is 8.48. The Kier molecular flexibility index (Phi) is 13.6. The van der Waals surface area contributed by atoms with Gasteiger partial charge in [0.25, 0.3) is 0 Å². The second kappa shape index (κ2) is 14.7. The Bertz CT molecular complexity index is 484. The lowest BCUT2D eigenvalue weighted by Crippen LogP contribution is -2.42. The predicted molar refractivity (Wildman–Crippen MR) is 129 cm³/mol. The zero-order valence-corrected chi connectivity index (χ0v) is 21.1. The fourth-order valence-corrected chi connectivity index (χ4v) is 4.45. The molecular weight excluding hydrogens is 506 g/mol. The molecule has 1 atom stereocenters. The van der Waals surface area contributed by atoms with E-state index in [0.717, 1.165) is 38.4 Å². The number of hydrogen-bond donors (Lipinski definition) is 1. The Morgan fingerprint density at radius 3 is 2.47 bits per heavy atom. The first-order chi connectivity index (χ1) is 13.9. The van der Waals surface area contributed by atoms with Crippen molar-refractivity contribution in [3.05, 3.63) is 0 Å². The first-order valence-electron chi connectivity index (χ1n) is 11.4. The average molecular weight is 547 g/mol. The van der Waals surface area contributed by atoms with Gasteiger partial charge in [-0.1, -0.05) is 19.8 Å². The van der Waals surface area contributed by atoms with Crippen LogP contribution in [0.3, 0.4) is 0 Å². The molecular formula is C21H41F3IN5. The number of rotatable bonds is 10. The maximum atomic E-state index is 12.7. The van der Waals surface area contributed by atoms with Crippen LogP contribution >= 0.6 is 24.0 Å². The summed E-state index contributed by atoms with van der Waals surface area (Å²) >= 11 is 0. The highest BCUT2D eigenvalue weighted by Gasteiger charge is 2.32. The standard InChI is InChI=1S/C21H40F3N5.HI/c1-3-27(18-21(22,23)24)16-19-10-15-29(17-19)20(25-2)26-11-6-4-7-12-28-13-8-5-9-14-28;/h19H,3-18H2,1-2H3,(H,25,26);1H. The van der Waals surface area contributed by atoms with Crippen molar-refractivity contribution in [2.75, 3.05) is 66.0 Å². The molecule has 178 valence electrons. The van der Waals surface area contributed by atoms with E-state index in [0.29, 0.717) is 13.1 Å². The molecule has 2 heterocycles. The van der Waals surface area contributed by atoms with Crippen molar-refractivity contribution < 1.29 is 13.2 Å². The fraction of sp³-hybridized carbons (Fsp3) is 0.952. The van der Waals surface area contributed by atoms with Crippen LogP contribution in [-0.4, -0.2) is 92.8 Å². The number of unbranched alkanes of at least 4 members (excludes halogenated alkanes) is 2. The zero-order valence-electron chi connectivity index (χ0n) is 18.7. The molecule has 0 saturated carbocycles. The third-order valence-corrected chi connectivity index (χ3v) is 6.05. The Morgan fingerprint density at radius 1 is 1.10 bits per heavy atom. The van der Waals surface area contributed by atoms with Gasteiger partial charge in [-0.05, 0) is 64.2 Å². The van der Waals surface area contributed by atoms with Crippen LogP contribution in [0.25, 0.3) is 0 Å². The maximum Gasteiger partial charge on any atom is 0.401 e. The molecule has 0 spiro atoms. The smallest absolute Gasteiger partial charge is 0.356 e. The molecule has 2 aliphatic heterocycles. The summed E-state index contributed by atoms with van der Waals surface area (Å²) in [6, 6.07) is 0. The van der Waals surface area contributed by atoms with Gasteiger partial charge in [-0.3, -0.25) is 9.89 Å². The Balaban J connectivity index is 0.00000450. The summed E-state index contributed by atoms with van der Waals surface area (Å²) in [4.78, 5) is 10.7. The zero-order chi connectivity index (χ0) is 21.1. The minimum atomic E-state index is -4.13. The molecule has 9 heteroatoms. The highest BCUT2D eigenvalue weighted by molar-refractivity contribution is 14.0. The Labute approximate surface area is 197 Å². The summed E-state index contributed by atoms with van der Waals surface area (Å²) in [6.07, 6.45) is 4.46. The van der Waals surface area contributed by atoms with Crippen LogP contribution in [0.5, 0.6) is 0 Å². The topological polar surface area (TPSA) is 34.1 Å². The van der Waals surface area contributed by atoms with Crippen molar-refractivity contribution in [1.29, 1.82) is 0 Å². The molecule has 2 rings (SSSR count). The molecule has 0 aromatic carbocycles. The van der Waals surface area contributed by atoms with E-state index in [9.17, 15) is 13.2 Å². The number of alkyl halides is 3. The van der Waals surface area contributed by atoms with E-state index in [1.54, 1.807) is 14.0 Å². The van der Waals surface area contributed by atoms with E-state index in [2.05, 4.69) is 20.1 Å². The van der Waals surface area contributed by atoms with Crippen molar-refractivity contribution >= 4 is 29.9 Å². The maximum absolute atomic E-state index is 12.7. The van der Waals surface area contributed by atoms with Crippen molar-refractivity contribution in [2.24, 2.45) is 10.9 Å². The lowest BCUT2D eigenvalue weighted by atomic mass is 10.1. The van der Waals surface area contributed by atoms with Gasteiger partial charge in [-0.2, -0.15) is 13.2 Å². The molecule has 5 nitrogen and oxygen atoms in total. The molecule has 2 aliphatic rings. The number of piperidine rings is 1. The number of likely N-dealkylation sites (tertiary alicyclic amines) is 2. The van der Waals surface area contributed by atoms with Crippen LogP contribution in [0.1, 0.15) is 51.9 Å². The van der Waals surface area contributed by atoms with Crippen molar-refractivity contribution in [3.8, 4) is 0 Å². The normalized spacial score (nSPS) is 21.2. The molecule has 0 bridgehead atoms. The summed E-state index contributed by atoms with van der Waals surface area (Å²) in [5.41, 5.74) is 0. The van der Waals surface area contributed by atoms with Gasteiger partial charge in [0.1, 0.15) is 0 Å². The van der Waals surface area contributed by atoms with E-state index in [4.69, 9.17) is 0 Å². The summed E-state index contributed by atoms with van der Waals surface area (Å²) in [5, 5.41) is 3.44. The van der Waals surface area contributed by atoms with Gasteiger partial charge in [0.05, 0.1) is 6.54 Å². The van der Waals surface area contributed by atoms with Crippen LogP contribution in [0.2, 0.25) is 0 Å². The monoisotopic (exact) mass is 547 g/mol. The molecule has 0 aromatic heterocycles. The molecule has 0 amide bonds. The van der Waals surface area contributed by atoms with Gasteiger partial charge >= 0.3 is 6.18 Å². The fourth-order valence-electron chi connectivity index (χ4n) is 4.45. The molecule has 0 aliphatic carbocycles. The molecule has 30 heavy (non-hydrogen) atoms. The van der Waals surface area contributed by atoms with E-state index in [1.807, 2.05) is 0 Å². The summed E-state index contributed by atoms with van der Waals surface area (Å²) in [7, 11) is 1.79. The van der Waals surface area contributed by atoms with Gasteiger partial charge in [0.2, 0.25) is 0 Å². The number of aliphatic imine (C=N–C) groups is 1. The number of nitrogens with one attached hydrogen (secondary N) is 1. The molecule has 2 saturated heterocycles. The number of halogens is 4. The van der Waals surface area contributed by atoms with Crippen LogP contribution < -0.4 is 5.32 Å². The third kappa shape index (κ3) is 10.8. The van der Waals surface area contributed by atoms with Crippen molar-refractivity contribution in [3.63, 3.8) is 0 Å². The lowest BCUT2D eigenvalue weighted by Gasteiger charge is -2.26.